The number of hydrogen-bond donors (Lipinski definition) is 1. The van der Waals surface area contributed by atoms with Crippen LogP contribution in [0.4, 0.5) is 0 Å². The fraction of sp³-hybridized carbons (Fsp3) is 0.222. The van der Waals surface area contributed by atoms with Gasteiger partial charge in [0, 0.05) is 12.6 Å². The fourth-order valence-electron chi connectivity index (χ4n) is 1.27. The molecule has 0 saturated heterocycles. The Morgan fingerprint density at radius 1 is 1.64 bits per heavy atom. The highest BCUT2D eigenvalue weighted by Crippen LogP contribution is 2.09. The predicted molar refractivity (Wildman–Crippen MR) is 49.0 cm³/mol. The zero-order chi connectivity index (χ0) is 10.1. The van der Waals surface area contributed by atoms with E-state index in [-0.39, 0.29) is 11.5 Å². The Morgan fingerprint density at radius 2 is 2.43 bits per heavy atom. The van der Waals surface area contributed by atoms with Crippen molar-refractivity contribution in [3.63, 3.8) is 0 Å². The van der Waals surface area contributed by atoms with Gasteiger partial charge >= 0.3 is 5.76 Å². The number of nitrogens with one attached hydrogen (secondary N) is 1. The van der Waals surface area contributed by atoms with E-state index in [1.54, 1.807) is 6.07 Å². The lowest BCUT2D eigenvalue weighted by Gasteiger charge is -1.94. The second-order valence-electron chi connectivity index (χ2n) is 3.09. The number of carbonyl (C=O) groups is 1. The van der Waals surface area contributed by atoms with Gasteiger partial charge < -0.3 is 4.42 Å². The van der Waals surface area contributed by atoms with Gasteiger partial charge in [-0.05, 0) is 18.6 Å². The number of H-pyrrole nitrogens is 1. The maximum atomic E-state index is 10.8. The molecular formula is C9H8N2O3. The minimum atomic E-state index is -0.535. The van der Waals surface area contributed by atoms with Gasteiger partial charge in [-0.3, -0.25) is 9.78 Å². The van der Waals surface area contributed by atoms with Crippen LogP contribution in [0.3, 0.4) is 0 Å². The monoisotopic (exact) mass is 192 g/mol. The Labute approximate surface area is 78.8 Å². The molecule has 72 valence electrons. The molecule has 0 saturated carbocycles. The van der Waals surface area contributed by atoms with Crippen LogP contribution in [-0.4, -0.2) is 15.8 Å². The first-order valence-corrected chi connectivity index (χ1v) is 4.12. The first kappa shape index (κ1) is 8.68. The van der Waals surface area contributed by atoms with Crippen LogP contribution in [0.1, 0.15) is 12.5 Å². The van der Waals surface area contributed by atoms with Crippen LogP contribution in [0.15, 0.2) is 21.5 Å². The van der Waals surface area contributed by atoms with E-state index in [0.717, 1.165) is 5.56 Å². The molecule has 0 spiro atoms. The normalized spacial score (nSPS) is 10.6. The van der Waals surface area contributed by atoms with Crippen molar-refractivity contribution in [2.45, 2.75) is 13.3 Å². The zero-order valence-corrected chi connectivity index (χ0v) is 7.53. The van der Waals surface area contributed by atoms with Gasteiger partial charge in [-0.1, -0.05) is 0 Å². The van der Waals surface area contributed by atoms with Crippen molar-refractivity contribution >= 4 is 17.0 Å². The number of pyridine rings is 1. The molecule has 0 aliphatic carbocycles. The average molecular weight is 192 g/mol. The van der Waals surface area contributed by atoms with Crippen molar-refractivity contribution < 1.29 is 9.21 Å². The summed E-state index contributed by atoms with van der Waals surface area (Å²) < 4.78 is 4.72. The van der Waals surface area contributed by atoms with Gasteiger partial charge in [0.15, 0.2) is 0 Å². The summed E-state index contributed by atoms with van der Waals surface area (Å²) in [6.45, 7) is 1.50. The Bertz CT molecular complexity index is 538. The fourth-order valence-corrected chi connectivity index (χ4v) is 1.27. The van der Waals surface area contributed by atoms with Gasteiger partial charge in [0.1, 0.15) is 11.3 Å². The maximum Gasteiger partial charge on any atom is 0.418 e. The number of hydrogen-bond acceptors (Lipinski definition) is 4. The molecule has 0 amide bonds. The largest absolute Gasteiger partial charge is 0.418 e. The van der Waals surface area contributed by atoms with Crippen LogP contribution in [-0.2, 0) is 11.2 Å². The smallest absolute Gasteiger partial charge is 0.389 e. The van der Waals surface area contributed by atoms with Gasteiger partial charge in [0.25, 0.3) is 0 Å². The van der Waals surface area contributed by atoms with E-state index < -0.39 is 5.76 Å². The van der Waals surface area contributed by atoms with E-state index in [2.05, 4.69) is 9.97 Å². The molecule has 5 heteroatoms. The first-order valence-electron chi connectivity index (χ1n) is 4.12. The topological polar surface area (TPSA) is 76.0 Å². The molecule has 2 aromatic rings. The molecule has 1 N–H and O–H groups in total. The Morgan fingerprint density at radius 3 is 3.14 bits per heavy atom. The highest BCUT2D eigenvalue weighted by Gasteiger charge is 2.04. The lowest BCUT2D eigenvalue weighted by molar-refractivity contribution is -0.116. The van der Waals surface area contributed by atoms with Gasteiger partial charge in [-0.15, -0.1) is 0 Å². The van der Waals surface area contributed by atoms with Gasteiger partial charge in [-0.2, -0.15) is 0 Å². The lowest BCUT2D eigenvalue weighted by Crippen LogP contribution is -1.96. The van der Waals surface area contributed by atoms with E-state index >= 15 is 0 Å². The van der Waals surface area contributed by atoms with Crippen molar-refractivity contribution in [3.05, 3.63) is 28.4 Å². The highest BCUT2D eigenvalue weighted by molar-refractivity contribution is 5.79. The second kappa shape index (κ2) is 3.10. The van der Waals surface area contributed by atoms with Crippen LogP contribution in [0.5, 0.6) is 0 Å². The van der Waals surface area contributed by atoms with Crippen molar-refractivity contribution in [1.29, 1.82) is 0 Å². The molecule has 0 aliphatic heterocycles. The standard InChI is InChI=1S/C9H8N2O3/c1-5(12)2-6-3-7-8(10-4-6)14-9(13)11-7/h3-4H,2H2,1H3,(H,11,13). The van der Waals surface area contributed by atoms with Gasteiger partial charge in [0.05, 0.1) is 0 Å². The van der Waals surface area contributed by atoms with Crippen molar-refractivity contribution in [2.75, 3.05) is 0 Å². The molecule has 0 aliphatic rings. The van der Waals surface area contributed by atoms with Crippen LogP contribution in [0.2, 0.25) is 0 Å². The molecule has 0 radical (unpaired) electrons. The second-order valence-corrected chi connectivity index (χ2v) is 3.09. The average Bonchev–Trinajstić information content (AvgIpc) is 2.42. The molecule has 2 heterocycles. The van der Waals surface area contributed by atoms with E-state index in [9.17, 15) is 9.59 Å². The minimum Gasteiger partial charge on any atom is -0.389 e. The number of nitrogens with zero attached hydrogens (tertiary/aromatic N) is 1. The quantitative estimate of drug-likeness (QED) is 0.757. The van der Waals surface area contributed by atoms with E-state index in [1.165, 1.54) is 13.1 Å². The van der Waals surface area contributed by atoms with E-state index in [0.29, 0.717) is 11.9 Å². The summed E-state index contributed by atoms with van der Waals surface area (Å²) in [6.07, 6.45) is 1.84. The molecule has 0 unspecified atom stereocenters. The van der Waals surface area contributed by atoms with Crippen molar-refractivity contribution in [2.24, 2.45) is 0 Å². The maximum absolute atomic E-state index is 10.8. The Hall–Kier alpha value is -1.91. The van der Waals surface area contributed by atoms with Crippen LogP contribution >= 0.6 is 0 Å². The summed E-state index contributed by atoms with van der Waals surface area (Å²) in [4.78, 5) is 28.0. The molecule has 0 atom stereocenters. The number of aromatic nitrogens is 2. The van der Waals surface area contributed by atoms with E-state index in [4.69, 9.17) is 4.42 Å². The summed E-state index contributed by atoms with van der Waals surface area (Å²) in [6, 6.07) is 1.69. The molecule has 0 aromatic carbocycles. The summed E-state index contributed by atoms with van der Waals surface area (Å²) in [5, 5.41) is 0. The number of carbonyl (C=O) groups excluding carboxylic acids is 1. The Kier molecular flexibility index (Phi) is 1.92. The SMILES string of the molecule is CC(=O)Cc1cnc2oc(=O)[nH]c2c1. The number of rotatable bonds is 2. The van der Waals surface area contributed by atoms with E-state index in [1.807, 2.05) is 0 Å². The lowest BCUT2D eigenvalue weighted by atomic mass is 10.1. The van der Waals surface area contributed by atoms with Crippen LogP contribution in [0, 0.1) is 0 Å². The molecule has 14 heavy (non-hydrogen) atoms. The Balaban J connectivity index is 2.50. The van der Waals surface area contributed by atoms with Crippen molar-refractivity contribution in [1.82, 2.24) is 9.97 Å². The van der Waals surface area contributed by atoms with Crippen molar-refractivity contribution in [3.8, 4) is 0 Å². The summed E-state index contributed by atoms with van der Waals surface area (Å²) in [7, 11) is 0. The number of aromatic amines is 1. The molecule has 0 fully saturated rings. The number of Topliss-reactive ketones (excluding diaryl/α,β-unsaturated/α-hetero) is 1. The van der Waals surface area contributed by atoms with Gasteiger partial charge in [-0.25, -0.2) is 9.78 Å². The highest BCUT2D eigenvalue weighted by atomic mass is 16.4. The molecule has 2 aromatic heterocycles. The molecular weight excluding hydrogens is 184 g/mol. The number of ketones is 1. The minimum absolute atomic E-state index is 0.0528. The molecule has 2 rings (SSSR count). The number of fused-ring (bicyclic) bond motifs is 1. The van der Waals surface area contributed by atoms with Crippen LogP contribution in [0.25, 0.3) is 11.2 Å². The predicted octanol–water partition coefficient (Wildman–Crippen LogP) is 0.648. The summed E-state index contributed by atoms with van der Waals surface area (Å²) >= 11 is 0. The summed E-state index contributed by atoms with van der Waals surface area (Å²) in [5.74, 6) is -0.482. The zero-order valence-electron chi connectivity index (χ0n) is 7.53. The van der Waals surface area contributed by atoms with Crippen LogP contribution < -0.4 is 5.76 Å². The third-order valence-corrected chi connectivity index (χ3v) is 1.79. The summed E-state index contributed by atoms with van der Waals surface area (Å²) in [5.41, 5.74) is 1.55. The molecule has 0 bridgehead atoms. The third kappa shape index (κ3) is 1.56. The van der Waals surface area contributed by atoms with Gasteiger partial charge in [0.2, 0.25) is 5.71 Å². The molecule has 5 nitrogen and oxygen atoms in total. The first-order chi connectivity index (χ1) is 6.65. The number of oxazole rings is 1. The third-order valence-electron chi connectivity index (χ3n) is 1.79.